The molecule has 0 aliphatic heterocycles. The summed E-state index contributed by atoms with van der Waals surface area (Å²) >= 11 is 0. The first-order chi connectivity index (χ1) is 4.74. The highest BCUT2D eigenvalue weighted by Gasteiger charge is 2.05. The molecule has 3 N–H and O–H groups in total. The number of carbonyl (C=O) groups is 1. The van der Waals surface area contributed by atoms with Gasteiger partial charge in [0.1, 0.15) is 12.0 Å². The van der Waals surface area contributed by atoms with Crippen LogP contribution in [0.15, 0.2) is 16.7 Å². The molecule has 1 aromatic heterocycles. The van der Waals surface area contributed by atoms with Crippen molar-refractivity contribution in [2.45, 2.75) is 6.54 Å². The van der Waals surface area contributed by atoms with Gasteiger partial charge in [-0.25, -0.2) is 4.79 Å². The van der Waals surface area contributed by atoms with Crippen LogP contribution in [0.5, 0.6) is 0 Å². The van der Waals surface area contributed by atoms with Crippen molar-refractivity contribution < 1.29 is 14.3 Å². The molecule has 4 nitrogen and oxygen atoms in total. The van der Waals surface area contributed by atoms with Crippen LogP contribution in [-0.4, -0.2) is 11.1 Å². The molecule has 0 bridgehead atoms. The van der Waals surface area contributed by atoms with Crippen molar-refractivity contribution in [1.29, 1.82) is 0 Å². The maximum Gasteiger partial charge on any atom is 0.338 e. The van der Waals surface area contributed by atoms with E-state index >= 15 is 0 Å². The van der Waals surface area contributed by atoms with Gasteiger partial charge in [-0.05, 0) is 6.07 Å². The first-order valence-corrected chi connectivity index (χ1v) is 2.75. The smallest absolute Gasteiger partial charge is 0.338 e. The SMILES string of the molecule is Cl.NCc1cc(C(=O)O)co1. The highest BCUT2D eigenvalue weighted by Crippen LogP contribution is 2.05. The molecule has 11 heavy (non-hydrogen) atoms. The first kappa shape index (κ1) is 10.0. The molecule has 0 atom stereocenters. The number of nitrogens with two attached hydrogens (primary N) is 1. The third kappa shape index (κ3) is 2.25. The van der Waals surface area contributed by atoms with E-state index in [-0.39, 0.29) is 24.5 Å². The number of carboxylic acid groups (broad SMARTS) is 1. The minimum Gasteiger partial charge on any atom is -0.478 e. The number of furan rings is 1. The van der Waals surface area contributed by atoms with Gasteiger partial charge < -0.3 is 15.3 Å². The number of hydrogen-bond acceptors (Lipinski definition) is 3. The van der Waals surface area contributed by atoms with E-state index in [1.807, 2.05) is 0 Å². The number of halogens is 1. The summed E-state index contributed by atoms with van der Waals surface area (Å²) in [5, 5.41) is 8.39. The van der Waals surface area contributed by atoms with Crippen LogP contribution in [0.1, 0.15) is 16.1 Å². The van der Waals surface area contributed by atoms with E-state index in [9.17, 15) is 4.79 Å². The summed E-state index contributed by atoms with van der Waals surface area (Å²) in [5.74, 6) is -0.513. The second-order valence-corrected chi connectivity index (χ2v) is 1.81. The molecule has 1 rings (SSSR count). The van der Waals surface area contributed by atoms with Crippen molar-refractivity contribution in [2.24, 2.45) is 5.73 Å². The third-order valence-corrected chi connectivity index (χ3v) is 1.10. The normalized spacial score (nSPS) is 8.82. The molecule has 0 aliphatic carbocycles. The molecular weight excluding hydrogens is 170 g/mol. The van der Waals surface area contributed by atoms with E-state index < -0.39 is 5.97 Å². The summed E-state index contributed by atoms with van der Waals surface area (Å²) < 4.78 is 4.77. The molecule has 0 fully saturated rings. The van der Waals surface area contributed by atoms with Crippen molar-refractivity contribution in [3.8, 4) is 0 Å². The van der Waals surface area contributed by atoms with Crippen LogP contribution in [0.25, 0.3) is 0 Å². The topological polar surface area (TPSA) is 76.5 Å². The summed E-state index contributed by atoms with van der Waals surface area (Å²) in [6.07, 6.45) is 1.17. The summed E-state index contributed by atoms with van der Waals surface area (Å²) in [5.41, 5.74) is 5.32. The highest BCUT2D eigenvalue weighted by molar-refractivity contribution is 5.87. The van der Waals surface area contributed by atoms with Gasteiger partial charge in [0.2, 0.25) is 0 Å². The van der Waals surface area contributed by atoms with Gasteiger partial charge in [0, 0.05) is 0 Å². The van der Waals surface area contributed by atoms with E-state index in [4.69, 9.17) is 15.3 Å². The van der Waals surface area contributed by atoms with Gasteiger partial charge in [-0.3, -0.25) is 0 Å². The average molecular weight is 178 g/mol. The Hall–Kier alpha value is -1.00. The molecule has 0 unspecified atom stereocenters. The Morgan fingerprint density at radius 2 is 2.36 bits per heavy atom. The lowest BCUT2D eigenvalue weighted by Gasteiger charge is -1.81. The molecule has 0 aromatic carbocycles. The van der Waals surface area contributed by atoms with Gasteiger partial charge in [0.25, 0.3) is 0 Å². The van der Waals surface area contributed by atoms with Gasteiger partial charge in [0.15, 0.2) is 0 Å². The van der Waals surface area contributed by atoms with Crippen LogP contribution in [0, 0.1) is 0 Å². The second-order valence-electron chi connectivity index (χ2n) is 1.81. The Morgan fingerprint density at radius 3 is 2.64 bits per heavy atom. The highest BCUT2D eigenvalue weighted by atomic mass is 35.5. The molecule has 0 spiro atoms. The molecule has 1 heterocycles. The molecule has 0 saturated heterocycles. The monoisotopic (exact) mass is 177 g/mol. The van der Waals surface area contributed by atoms with E-state index in [1.54, 1.807) is 0 Å². The lowest BCUT2D eigenvalue weighted by atomic mass is 10.3. The van der Waals surface area contributed by atoms with E-state index in [0.717, 1.165) is 0 Å². The van der Waals surface area contributed by atoms with Crippen molar-refractivity contribution in [3.05, 3.63) is 23.7 Å². The zero-order valence-corrected chi connectivity index (χ0v) is 6.43. The summed E-state index contributed by atoms with van der Waals surface area (Å²) in [6, 6.07) is 1.41. The molecule has 5 heteroatoms. The second kappa shape index (κ2) is 4.00. The molecular formula is C6H8ClNO3. The van der Waals surface area contributed by atoms with Crippen molar-refractivity contribution in [1.82, 2.24) is 0 Å². The van der Waals surface area contributed by atoms with Crippen molar-refractivity contribution in [3.63, 3.8) is 0 Å². The van der Waals surface area contributed by atoms with Crippen molar-refractivity contribution >= 4 is 18.4 Å². The Labute approximate surface area is 69.4 Å². The van der Waals surface area contributed by atoms with Gasteiger partial charge in [-0.2, -0.15) is 0 Å². The Balaban J connectivity index is 0.000001000. The lowest BCUT2D eigenvalue weighted by Crippen LogP contribution is -1.95. The maximum atomic E-state index is 10.2. The minimum absolute atomic E-state index is 0. The molecule has 62 valence electrons. The number of hydrogen-bond donors (Lipinski definition) is 2. The van der Waals surface area contributed by atoms with Gasteiger partial charge in [-0.1, -0.05) is 0 Å². The third-order valence-electron chi connectivity index (χ3n) is 1.10. The average Bonchev–Trinajstić information content (AvgIpc) is 2.34. The summed E-state index contributed by atoms with van der Waals surface area (Å²) in [4.78, 5) is 10.2. The first-order valence-electron chi connectivity index (χ1n) is 2.75. The van der Waals surface area contributed by atoms with Crippen LogP contribution < -0.4 is 5.73 Å². The fraction of sp³-hybridized carbons (Fsp3) is 0.167. The van der Waals surface area contributed by atoms with Crippen LogP contribution in [0.3, 0.4) is 0 Å². The van der Waals surface area contributed by atoms with Crippen LogP contribution in [0.4, 0.5) is 0 Å². The van der Waals surface area contributed by atoms with Crippen molar-refractivity contribution in [2.75, 3.05) is 0 Å². The van der Waals surface area contributed by atoms with Crippen LogP contribution in [-0.2, 0) is 6.54 Å². The predicted octanol–water partition coefficient (Wildman–Crippen LogP) is 0.858. The Kier molecular flexibility index (Phi) is 3.64. The van der Waals surface area contributed by atoms with Gasteiger partial charge in [-0.15, -0.1) is 12.4 Å². The molecule has 1 aromatic rings. The standard InChI is InChI=1S/C6H7NO3.ClH/c7-2-5-1-4(3-10-5)6(8)9;/h1,3H,2,7H2,(H,8,9);1H. The quantitative estimate of drug-likeness (QED) is 0.703. The van der Waals surface area contributed by atoms with E-state index in [1.165, 1.54) is 12.3 Å². The zero-order chi connectivity index (χ0) is 7.56. The fourth-order valence-corrected chi connectivity index (χ4v) is 0.600. The molecule has 0 aliphatic rings. The Morgan fingerprint density at radius 1 is 1.73 bits per heavy atom. The predicted molar refractivity (Wildman–Crippen MR) is 40.8 cm³/mol. The fourth-order valence-electron chi connectivity index (χ4n) is 0.600. The molecule has 0 amide bonds. The maximum absolute atomic E-state index is 10.2. The van der Waals surface area contributed by atoms with Crippen LogP contribution >= 0.6 is 12.4 Å². The minimum atomic E-state index is -0.997. The molecule has 0 radical (unpaired) electrons. The summed E-state index contributed by atoms with van der Waals surface area (Å²) in [6.45, 7) is 0.229. The largest absolute Gasteiger partial charge is 0.478 e. The van der Waals surface area contributed by atoms with E-state index in [2.05, 4.69) is 0 Å². The number of carboxylic acids is 1. The lowest BCUT2D eigenvalue weighted by molar-refractivity contribution is 0.0696. The number of rotatable bonds is 2. The summed E-state index contributed by atoms with van der Waals surface area (Å²) in [7, 11) is 0. The van der Waals surface area contributed by atoms with E-state index in [0.29, 0.717) is 5.76 Å². The Bertz CT molecular complexity index is 246. The molecule has 0 saturated carbocycles. The van der Waals surface area contributed by atoms with Crippen LogP contribution in [0.2, 0.25) is 0 Å². The van der Waals surface area contributed by atoms with Gasteiger partial charge in [0.05, 0.1) is 12.1 Å². The van der Waals surface area contributed by atoms with Gasteiger partial charge >= 0.3 is 5.97 Å². The zero-order valence-electron chi connectivity index (χ0n) is 5.61. The number of aromatic carboxylic acids is 1.